The molecule has 0 saturated heterocycles. The molecular formula is C23H33NO4. The molecule has 0 fully saturated rings. The zero-order valence-corrected chi connectivity index (χ0v) is 17.2. The predicted molar refractivity (Wildman–Crippen MR) is 111 cm³/mol. The molecule has 0 spiro atoms. The second-order valence-corrected chi connectivity index (χ2v) is 7.25. The van der Waals surface area contributed by atoms with Crippen molar-refractivity contribution < 1.29 is 19.2 Å². The lowest BCUT2D eigenvalue weighted by Crippen LogP contribution is -2.07. The fourth-order valence-corrected chi connectivity index (χ4v) is 3.40. The summed E-state index contributed by atoms with van der Waals surface area (Å²) in [5.74, 6) is 0.00254. The minimum Gasteiger partial charge on any atom is -0.494 e. The number of fused-ring (bicyclic) bond motifs is 1. The van der Waals surface area contributed by atoms with Gasteiger partial charge in [0.15, 0.2) is 0 Å². The monoisotopic (exact) mass is 387 g/mol. The molecule has 1 aliphatic carbocycles. The summed E-state index contributed by atoms with van der Waals surface area (Å²) >= 11 is 0. The number of benzene rings is 1. The molecule has 1 aromatic carbocycles. The summed E-state index contributed by atoms with van der Waals surface area (Å²) in [6.45, 7) is 2.87. The van der Waals surface area contributed by atoms with Crippen LogP contribution in [-0.2, 0) is 4.84 Å². The number of Topliss-reactive ketones (excluding diaryl/α,β-unsaturated/α-hetero) is 2. The maximum absolute atomic E-state index is 12.4. The van der Waals surface area contributed by atoms with Crippen molar-refractivity contribution in [3.8, 4) is 5.75 Å². The van der Waals surface area contributed by atoms with Crippen molar-refractivity contribution in [2.75, 3.05) is 13.7 Å². The van der Waals surface area contributed by atoms with Gasteiger partial charge in [0.2, 0.25) is 11.6 Å². The average Bonchev–Trinajstić information content (AvgIpc) is 2.94. The SMILES string of the molecule is CCCCCCCCCCCCOc1ccc2c(c1)C(=O)/C(=C\ONC)C2=O. The zero-order chi connectivity index (χ0) is 20.2. The Bertz CT molecular complexity index is 681. The van der Waals surface area contributed by atoms with Gasteiger partial charge < -0.3 is 9.57 Å². The Kier molecular flexibility index (Phi) is 9.77. The Morgan fingerprint density at radius 3 is 2.11 bits per heavy atom. The first-order valence-electron chi connectivity index (χ1n) is 10.6. The second-order valence-electron chi connectivity index (χ2n) is 7.25. The predicted octanol–water partition coefficient (Wildman–Crippen LogP) is 5.40. The summed E-state index contributed by atoms with van der Waals surface area (Å²) < 4.78 is 5.78. The Hall–Kier alpha value is -2.14. The molecule has 5 nitrogen and oxygen atoms in total. The van der Waals surface area contributed by atoms with Crippen molar-refractivity contribution >= 4 is 11.6 Å². The van der Waals surface area contributed by atoms with Gasteiger partial charge in [0, 0.05) is 18.2 Å². The fraction of sp³-hybridized carbons (Fsp3) is 0.565. The van der Waals surface area contributed by atoms with Gasteiger partial charge in [-0.25, -0.2) is 0 Å². The largest absolute Gasteiger partial charge is 0.494 e. The van der Waals surface area contributed by atoms with Crippen LogP contribution in [-0.4, -0.2) is 25.2 Å². The van der Waals surface area contributed by atoms with E-state index in [-0.39, 0.29) is 17.1 Å². The van der Waals surface area contributed by atoms with E-state index in [9.17, 15) is 9.59 Å². The van der Waals surface area contributed by atoms with E-state index in [1.54, 1.807) is 25.2 Å². The summed E-state index contributed by atoms with van der Waals surface area (Å²) in [6, 6.07) is 5.07. The van der Waals surface area contributed by atoms with Crippen LogP contribution in [0.25, 0.3) is 0 Å². The van der Waals surface area contributed by atoms with E-state index in [0.29, 0.717) is 23.5 Å². The molecule has 0 atom stereocenters. The number of rotatable bonds is 14. The normalized spacial score (nSPS) is 14.6. The minimum absolute atomic E-state index is 0.0381. The van der Waals surface area contributed by atoms with Gasteiger partial charge in [-0.2, -0.15) is 5.48 Å². The molecule has 1 aromatic rings. The van der Waals surface area contributed by atoms with Crippen molar-refractivity contribution in [1.82, 2.24) is 5.48 Å². The van der Waals surface area contributed by atoms with Gasteiger partial charge in [0.1, 0.15) is 17.6 Å². The summed E-state index contributed by atoms with van der Waals surface area (Å²) in [7, 11) is 1.56. The molecule has 2 rings (SSSR count). The summed E-state index contributed by atoms with van der Waals surface area (Å²) in [4.78, 5) is 29.5. The van der Waals surface area contributed by atoms with Crippen LogP contribution in [0.2, 0.25) is 0 Å². The maximum atomic E-state index is 12.4. The number of carbonyl (C=O) groups excluding carboxylic acids is 2. The number of hydrogen-bond donors (Lipinski definition) is 1. The molecule has 0 aromatic heterocycles. The van der Waals surface area contributed by atoms with Crippen LogP contribution < -0.4 is 10.2 Å². The molecule has 28 heavy (non-hydrogen) atoms. The molecule has 0 heterocycles. The third-order valence-electron chi connectivity index (χ3n) is 5.03. The van der Waals surface area contributed by atoms with Gasteiger partial charge in [-0.15, -0.1) is 0 Å². The highest BCUT2D eigenvalue weighted by Crippen LogP contribution is 2.29. The van der Waals surface area contributed by atoms with Crippen LogP contribution in [0.5, 0.6) is 5.75 Å². The number of ketones is 2. The molecule has 0 unspecified atom stereocenters. The first kappa shape index (κ1) is 22.2. The highest BCUT2D eigenvalue weighted by molar-refractivity contribution is 6.39. The first-order chi connectivity index (χ1) is 13.7. The minimum atomic E-state index is -0.320. The van der Waals surface area contributed by atoms with Gasteiger partial charge in [0.25, 0.3) is 0 Å². The Morgan fingerprint density at radius 2 is 1.46 bits per heavy atom. The van der Waals surface area contributed by atoms with E-state index in [1.165, 1.54) is 51.4 Å². The van der Waals surface area contributed by atoms with Crippen LogP contribution in [0.3, 0.4) is 0 Å². The lowest BCUT2D eigenvalue weighted by molar-refractivity contribution is 0.0966. The summed E-state index contributed by atoms with van der Waals surface area (Å²) in [5.41, 5.74) is 3.26. The third kappa shape index (κ3) is 6.48. The van der Waals surface area contributed by atoms with E-state index in [4.69, 9.17) is 9.57 Å². The standard InChI is InChI=1S/C23H33NO4/c1-3-4-5-6-7-8-9-10-11-12-15-27-18-13-14-19-20(16-18)23(26)21(22(19)25)17-28-24-2/h13-14,16-17,24H,3-12,15H2,1-2H3/b21-17-. The van der Waals surface area contributed by atoms with E-state index in [0.717, 1.165) is 19.1 Å². The average molecular weight is 388 g/mol. The van der Waals surface area contributed by atoms with Gasteiger partial charge in [-0.05, 0) is 24.6 Å². The van der Waals surface area contributed by atoms with Crippen molar-refractivity contribution in [3.05, 3.63) is 41.2 Å². The van der Waals surface area contributed by atoms with Crippen LogP contribution in [0.1, 0.15) is 91.8 Å². The highest BCUT2D eigenvalue weighted by Gasteiger charge is 2.34. The van der Waals surface area contributed by atoms with Gasteiger partial charge >= 0.3 is 0 Å². The first-order valence-corrected chi connectivity index (χ1v) is 10.6. The van der Waals surface area contributed by atoms with Gasteiger partial charge in [0.05, 0.1) is 6.61 Å². The quantitative estimate of drug-likeness (QED) is 0.152. The molecule has 5 heteroatoms. The Balaban J connectivity index is 1.67. The van der Waals surface area contributed by atoms with Crippen LogP contribution in [0, 0.1) is 0 Å². The topological polar surface area (TPSA) is 64.6 Å². The molecule has 0 amide bonds. The maximum Gasteiger partial charge on any atom is 0.201 e. The zero-order valence-electron chi connectivity index (χ0n) is 17.2. The molecule has 0 saturated carbocycles. The molecule has 0 bridgehead atoms. The van der Waals surface area contributed by atoms with E-state index < -0.39 is 0 Å². The van der Waals surface area contributed by atoms with E-state index in [2.05, 4.69) is 12.4 Å². The second kappa shape index (κ2) is 12.3. The molecule has 154 valence electrons. The number of carbonyl (C=O) groups is 2. The molecule has 0 radical (unpaired) electrons. The van der Waals surface area contributed by atoms with Gasteiger partial charge in [-0.1, -0.05) is 64.7 Å². The highest BCUT2D eigenvalue weighted by atomic mass is 16.6. The van der Waals surface area contributed by atoms with Crippen molar-refractivity contribution in [3.63, 3.8) is 0 Å². The van der Waals surface area contributed by atoms with Crippen molar-refractivity contribution in [2.24, 2.45) is 0 Å². The number of hydroxylamine groups is 1. The molecule has 1 aliphatic rings. The van der Waals surface area contributed by atoms with Crippen LogP contribution >= 0.6 is 0 Å². The van der Waals surface area contributed by atoms with Crippen LogP contribution in [0.4, 0.5) is 0 Å². The number of ether oxygens (including phenoxy) is 1. The number of allylic oxidation sites excluding steroid dienone is 1. The van der Waals surface area contributed by atoms with E-state index >= 15 is 0 Å². The smallest absolute Gasteiger partial charge is 0.201 e. The molecule has 0 aliphatic heterocycles. The lowest BCUT2D eigenvalue weighted by atomic mass is 10.1. The lowest BCUT2D eigenvalue weighted by Gasteiger charge is -2.07. The van der Waals surface area contributed by atoms with Gasteiger partial charge in [-0.3, -0.25) is 9.59 Å². The van der Waals surface area contributed by atoms with Crippen molar-refractivity contribution in [2.45, 2.75) is 71.1 Å². The fourth-order valence-electron chi connectivity index (χ4n) is 3.40. The molecule has 1 N–H and O–H groups in total. The van der Waals surface area contributed by atoms with E-state index in [1.807, 2.05) is 0 Å². The number of unbranched alkanes of at least 4 members (excludes halogenated alkanes) is 9. The Morgan fingerprint density at radius 1 is 0.857 bits per heavy atom. The summed E-state index contributed by atoms with van der Waals surface area (Å²) in [6.07, 6.45) is 14.0. The van der Waals surface area contributed by atoms with Crippen LogP contribution in [0.15, 0.2) is 30.0 Å². The molecular weight excluding hydrogens is 354 g/mol. The number of nitrogens with one attached hydrogen (secondary N) is 1. The number of hydrogen-bond acceptors (Lipinski definition) is 5. The third-order valence-corrected chi connectivity index (χ3v) is 5.03. The summed E-state index contributed by atoms with van der Waals surface area (Å²) in [5, 5.41) is 0. The Labute approximate surface area is 168 Å². The van der Waals surface area contributed by atoms with Crippen molar-refractivity contribution in [1.29, 1.82) is 0 Å².